The Labute approximate surface area is 569 Å². The molecule has 0 N–H and O–H groups in total. The lowest BCUT2D eigenvalue weighted by Crippen LogP contribution is -2.07. The highest BCUT2D eigenvalue weighted by Gasteiger charge is 2.34. The quantitative estimate of drug-likeness (QED) is 0.121. The Morgan fingerprint density at radius 3 is 1.37 bits per heavy atom. The zero-order valence-electron chi connectivity index (χ0n) is 53.5. The van der Waals surface area contributed by atoms with Crippen LogP contribution in [0.1, 0.15) is 17.0 Å². The molecule has 9 nitrogen and oxygen atoms in total. The normalized spacial score (nSPS) is 13.0. The molecule has 13 aromatic carbocycles. The molecule has 20 rings (SSSR count). The van der Waals surface area contributed by atoms with Gasteiger partial charge >= 0.3 is 0 Å². The predicted octanol–water partition coefficient (Wildman–Crippen LogP) is 21.9. The van der Waals surface area contributed by atoms with Gasteiger partial charge in [0.05, 0.1) is 44.5 Å². The van der Waals surface area contributed by atoms with E-state index in [0.717, 1.165) is 138 Å². The van der Waals surface area contributed by atoms with Crippen molar-refractivity contribution >= 4 is 93.9 Å². The first-order valence-corrected chi connectivity index (χ1v) is 33.6. The zero-order chi connectivity index (χ0) is 65.1. The summed E-state index contributed by atoms with van der Waals surface area (Å²) in [4.78, 5) is 22.6. The van der Waals surface area contributed by atoms with Crippen LogP contribution in [0.5, 0.6) is 0 Å². The molecule has 19 aromatic rings. The largest absolute Gasteiger partial charge is 0.316 e. The monoisotopic (exact) mass is 1260 g/mol. The van der Waals surface area contributed by atoms with Gasteiger partial charge in [0.25, 0.3) is 0 Å². The molecule has 0 amide bonds. The maximum atomic E-state index is 5.73. The van der Waals surface area contributed by atoms with E-state index in [9.17, 15) is 0 Å². The van der Waals surface area contributed by atoms with Gasteiger partial charge in [0, 0.05) is 90.0 Å². The molecule has 9 heteroatoms. The lowest BCUT2D eigenvalue weighted by molar-refractivity contribution is 0.953. The second-order valence-electron chi connectivity index (χ2n) is 25.6. The van der Waals surface area contributed by atoms with Crippen LogP contribution >= 0.6 is 0 Å². The molecule has 0 bridgehead atoms. The molecule has 0 aliphatic carbocycles. The van der Waals surface area contributed by atoms with Crippen molar-refractivity contribution in [3.8, 4) is 79.4 Å². The van der Waals surface area contributed by atoms with Crippen molar-refractivity contribution in [3.05, 3.63) is 351 Å². The van der Waals surface area contributed by atoms with E-state index in [-0.39, 0.29) is 5.92 Å². The summed E-state index contributed by atoms with van der Waals surface area (Å²) in [6.45, 7) is 0. The van der Waals surface area contributed by atoms with E-state index in [2.05, 4.69) is 369 Å². The number of fused-ring (bicyclic) bond motifs is 11. The molecular weight excluding hydrogens is 1210 g/mol. The minimum atomic E-state index is -0.0282. The first-order chi connectivity index (χ1) is 49.1. The Kier molecular flexibility index (Phi) is 12.8. The second kappa shape index (κ2) is 22.7. The van der Waals surface area contributed by atoms with Gasteiger partial charge in [0.1, 0.15) is 11.6 Å². The molecule has 0 saturated heterocycles. The van der Waals surface area contributed by atoms with Gasteiger partial charge in [-0.05, 0) is 137 Å². The minimum absolute atomic E-state index is 0.0282. The van der Waals surface area contributed by atoms with Crippen LogP contribution in [-0.4, -0.2) is 44.4 Å². The maximum absolute atomic E-state index is 5.73. The van der Waals surface area contributed by atoms with Gasteiger partial charge in [-0.25, -0.2) is 9.97 Å². The maximum Gasteiger partial charge on any atom is 0.238 e. The van der Waals surface area contributed by atoms with Crippen LogP contribution in [0.25, 0.3) is 156 Å². The molecule has 99 heavy (non-hydrogen) atoms. The average Bonchev–Trinajstić information content (AvgIpc) is 1.56. The molecule has 1 unspecified atom stereocenters. The molecule has 0 fully saturated rings. The van der Waals surface area contributed by atoms with E-state index in [0.29, 0.717) is 17.6 Å². The van der Waals surface area contributed by atoms with Crippen LogP contribution in [0, 0.1) is 0 Å². The third-order valence-corrected chi connectivity index (χ3v) is 20.0. The van der Waals surface area contributed by atoms with Crippen LogP contribution in [-0.2, 0) is 0 Å². The molecule has 1 aliphatic rings. The summed E-state index contributed by atoms with van der Waals surface area (Å²) in [6.07, 6.45) is 4.59. The van der Waals surface area contributed by atoms with Crippen molar-refractivity contribution in [2.24, 2.45) is 0 Å². The summed E-state index contributed by atoms with van der Waals surface area (Å²) in [5, 5.41) is 7.81. The first kappa shape index (κ1) is 56.0. The Morgan fingerprint density at radius 1 is 0.283 bits per heavy atom. The van der Waals surface area contributed by atoms with Gasteiger partial charge < -0.3 is 4.57 Å². The van der Waals surface area contributed by atoms with Crippen LogP contribution in [0.3, 0.4) is 0 Å². The smallest absolute Gasteiger partial charge is 0.238 e. The van der Waals surface area contributed by atoms with Gasteiger partial charge in [0.2, 0.25) is 17.3 Å². The third-order valence-electron chi connectivity index (χ3n) is 20.0. The zero-order valence-corrected chi connectivity index (χ0v) is 53.5. The fourth-order valence-corrected chi connectivity index (χ4v) is 15.4. The Morgan fingerprint density at radius 2 is 0.747 bits per heavy atom. The van der Waals surface area contributed by atoms with E-state index in [1.807, 2.05) is 0 Å². The van der Waals surface area contributed by atoms with E-state index in [1.165, 1.54) is 22.3 Å². The number of pyridine rings is 1. The fraction of sp³-hybridized carbons (Fsp3) is 0.0111. The number of hydrogen-bond donors (Lipinski definition) is 0. The summed E-state index contributed by atoms with van der Waals surface area (Å²) >= 11 is 0. The highest BCUT2D eigenvalue weighted by atomic mass is 15.2. The molecule has 0 saturated carbocycles. The SMILES string of the molecule is C1=[N+](c2ccccc2)c2ccc(-c3nc(-c4ccc5c(c4)c(-c4ccccc4)cn5-c4ccccc4)nc(-n4c5ccccc5c5cc6c7ccccc7n(-c7cccc(-n8c9ccc(-c%10ccccc%10)cc9c9cc(-c%10ccccc%10)ccc98)n7)c6cc54)n3)cc2C1c1ccccc1. The second-order valence-corrected chi connectivity index (χ2v) is 25.6. The topological polar surface area (TPSA) is 74.3 Å². The van der Waals surface area contributed by atoms with E-state index in [4.69, 9.17) is 19.9 Å². The highest BCUT2D eigenvalue weighted by Crippen LogP contribution is 2.45. The van der Waals surface area contributed by atoms with Gasteiger partial charge in [-0.3, -0.25) is 13.7 Å². The van der Waals surface area contributed by atoms with Crippen molar-refractivity contribution in [1.29, 1.82) is 0 Å². The average molecular weight is 1270 g/mol. The standard InChI is InChI=1S/C90H58N9/c1-7-24-58(25-8-1)62-42-48-82-70(50-62)71-51-63(59-26-9-2-10-27-59)43-49-83(71)97(82)86-40-23-41-87(91-86)98-80-38-21-19-36-68(80)74-54-75-69-37-20-22-39-81(69)99(85(75)55-84(74)98)90-93-88(64-44-46-78-72(52-64)76(60-28-11-3-12-29-60)56-95(78)66-32-15-5-16-33-66)92-89(94-90)65-45-47-79-73(53-65)77(61-30-13-4-14-31-61)57-96(79)67-34-17-6-18-35-67/h1-57,76H/q+1. The van der Waals surface area contributed by atoms with Crippen LogP contribution in [0.4, 0.5) is 11.4 Å². The molecule has 0 radical (unpaired) electrons. The number of nitrogens with zero attached hydrogens (tertiary/aromatic N) is 9. The minimum Gasteiger partial charge on any atom is -0.316 e. The summed E-state index contributed by atoms with van der Waals surface area (Å²) in [7, 11) is 0. The number of hydrogen-bond acceptors (Lipinski definition) is 4. The molecule has 7 heterocycles. The Balaban J connectivity index is 0.804. The number of aromatic nitrogens is 8. The molecule has 462 valence electrons. The highest BCUT2D eigenvalue weighted by molar-refractivity contribution is 6.19. The van der Waals surface area contributed by atoms with Crippen LogP contribution in [0.2, 0.25) is 0 Å². The number of rotatable bonds is 11. The summed E-state index contributed by atoms with van der Waals surface area (Å²) in [5.74, 6) is 3.20. The molecule has 0 spiro atoms. The Bertz CT molecular complexity index is 6350. The molecular formula is C90H58N9+. The molecule has 1 atom stereocenters. The lowest BCUT2D eigenvalue weighted by Gasteiger charge is -2.13. The first-order valence-electron chi connectivity index (χ1n) is 33.6. The van der Waals surface area contributed by atoms with Crippen LogP contribution in [0.15, 0.2) is 340 Å². The third kappa shape index (κ3) is 9.20. The van der Waals surface area contributed by atoms with Gasteiger partial charge in [-0.1, -0.05) is 212 Å². The van der Waals surface area contributed by atoms with Crippen molar-refractivity contribution in [1.82, 2.24) is 42.8 Å². The van der Waals surface area contributed by atoms with Crippen molar-refractivity contribution in [3.63, 3.8) is 0 Å². The van der Waals surface area contributed by atoms with Gasteiger partial charge in [-0.15, -0.1) is 0 Å². The molecule has 6 aromatic heterocycles. The van der Waals surface area contributed by atoms with E-state index >= 15 is 0 Å². The van der Waals surface area contributed by atoms with Gasteiger partial charge in [-0.2, -0.15) is 14.5 Å². The number of benzene rings is 13. The summed E-state index contributed by atoms with van der Waals surface area (Å²) < 4.78 is 11.5. The van der Waals surface area contributed by atoms with E-state index < -0.39 is 0 Å². The van der Waals surface area contributed by atoms with Crippen molar-refractivity contribution in [2.45, 2.75) is 5.92 Å². The van der Waals surface area contributed by atoms with Gasteiger partial charge in [0.15, 0.2) is 17.9 Å². The summed E-state index contributed by atoms with van der Waals surface area (Å²) in [6, 6.07) is 119. The lowest BCUT2D eigenvalue weighted by atomic mass is 9.92. The number of para-hydroxylation sites is 4. The molecule has 1 aliphatic heterocycles. The fourth-order valence-electron chi connectivity index (χ4n) is 15.4. The summed E-state index contributed by atoms with van der Waals surface area (Å²) in [5.41, 5.74) is 21.5. The van der Waals surface area contributed by atoms with Crippen LogP contribution < -0.4 is 4.58 Å². The van der Waals surface area contributed by atoms with Crippen molar-refractivity contribution < 1.29 is 0 Å². The van der Waals surface area contributed by atoms with Crippen molar-refractivity contribution in [2.75, 3.05) is 0 Å². The van der Waals surface area contributed by atoms with E-state index in [1.54, 1.807) is 0 Å². The predicted molar refractivity (Wildman–Crippen MR) is 407 cm³/mol. The Hall–Kier alpha value is -13.4.